The molecule has 0 fully saturated rings. The lowest BCUT2D eigenvalue weighted by atomic mass is 9.94. The van der Waals surface area contributed by atoms with E-state index in [1.165, 1.54) is 11.3 Å². The fourth-order valence-corrected chi connectivity index (χ4v) is 3.51. The van der Waals surface area contributed by atoms with Crippen LogP contribution in [0.25, 0.3) is 10.2 Å². The minimum atomic E-state index is -0.249. The van der Waals surface area contributed by atoms with E-state index < -0.39 is 0 Å². The van der Waals surface area contributed by atoms with Gasteiger partial charge in [0, 0.05) is 17.8 Å². The third-order valence-electron chi connectivity index (χ3n) is 3.35. The van der Waals surface area contributed by atoms with E-state index >= 15 is 0 Å². The number of nitrogens with one attached hydrogen (secondary N) is 2. The van der Waals surface area contributed by atoms with Crippen LogP contribution in [0, 0.1) is 0 Å². The van der Waals surface area contributed by atoms with Gasteiger partial charge in [-0.2, -0.15) is 0 Å². The van der Waals surface area contributed by atoms with Crippen LogP contribution in [0.1, 0.15) is 24.3 Å². The van der Waals surface area contributed by atoms with Crippen LogP contribution in [0.3, 0.4) is 0 Å². The molecule has 0 radical (unpaired) electrons. The van der Waals surface area contributed by atoms with Crippen molar-refractivity contribution in [3.63, 3.8) is 0 Å². The molecule has 6 nitrogen and oxygen atoms in total. The smallest absolute Gasteiger partial charge is 0.261 e. The highest BCUT2D eigenvalue weighted by molar-refractivity contribution is 7.18. The number of hydrogen-bond donors (Lipinski definition) is 3. The summed E-state index contributed by atoms with van der Waals surface area (Å²) in [6.07, 6.45) is 0.719. The summed E-state index contributed by atoms with van der Waals surface area (Å²) in [7, 11) is 0. The van der Waals surface area contributed by atoms with Gasteiger partial charge in [0.25, 0.3) is 5.56 Å². The molecule has 0 spiro atoms. The Labute approximate surface area is 119 Å². The Morgan fingerprint density at radius 2 is 2.35 bits per heavy atom. The van der Waals surface area contributed by atoms with Gasteiger partial charge < -0.3 is 15.2 Å². The summed E-state index contributed by atoms with van der Waals surface area (Å²) >= 11 is 1.50. The monoisotopic (exact) mass is 295 g/mol. The van der Waals surface area contributed by atoms with Gasteiger partial charge in [-0.3, -0.25) is 9.78 Å². The summed E-state index contributed by atoms with van der Waals surface area (Å²) in [5.74, 6) is 0.398. The number of fused-ring (bicyclic) bond motifs is 3. The van der Waals surface area contributed by atoms with Crippen LogP contribution in [-0.2, 0) is 17.8 Å². The van der Waals surface area contributed by atoms with Crippen molar-refractivity contribution in [1.82, 2.24) is 9.97 Å². The van der Waals surface area contributed by atoms with Gasteiger partial charge >= 0.3 is 0 Å². The van der Waals surface area contributed by atoms with Crippen molar-refractivity contribution in [2.45, 2.75) is 32.5 Å². The van der Waals surface area contributed by atoms with Crippen molar-refractivity contribution in [3.8, 4) is 0 Å². The largest absolute Gasteiger partial charge is 0.395 e. The summed E-state index contributed by atoms with van der Waals surface area (Å²) in [5, 5.41) is 12.4. The molecule has 20 heavy (non-hydrogen) atoms. The van der Waals surface area contributed by atoms with Gasteiger partial charge in [0.15, 0.2) is 0 Å². The van der Waals surface area contributed by atoms with E-state index in [1.807, 2.05) is 13.8 Å². The Morgan fingerprint density at radius 1 is 1.55 bits per heavy atom. The van der Waals surface area contributed by atoms with Crippen molar-refractivity contribution in [2.24, 2.45) is 0 Å². The van der Waals surface area contributed by atoms with E-state index in [0.29, 0.717) is 24.5 Å². The fourth-order valence-electron chi connectivity index (χ4n) is 2.41. The number of hydrogen-bond acceptors (Lipinski definition) is 6. The molecule has 0 aromatic carbocycles. The second-order valence-corrected chi connectivity index (χ2v) is 6.56. The van der Waals surface area contributed by atoms with Gasteiger partial charge in [0.2, 0.25) is 5.95 Å². The molecule has 0 amide bonds. The highest BCUT2D eigenvalue weighted by Crippen LogP contribution is 2.36. The highest BCUT2D eigenvalue weighted by atomic mass is 32.1. The van der Waals surface area contributed by atoms with E-state index in [9.17, 15) is 4.79 Å². The van der Waals surface area contributed by atoms with Gasteiger partial charge in [0.1, 0.15) is 4.83 Å². The normalized spacial score (nSPS) is 17.1. The van der Waals surface area contributed by atoms with Crippen LogP contribution in [0.5, 0.6) is 0 Å². The van der Waals surface area contributed by atoms with Crippen LogP contribution >= 0.6 is 11.3 Å². The molecule has 0 saturated heterocycles. The van der Waals surface area contributed by atoms with Crippen LogP contribution in [0.15, 0.2) is 4.79 Å². The lowest BCUT2D eigenvalue weighted by Crippen LogP contribution is -2.31. The molecule has 1 aliphatic heterocycles. The Balaban J connectivity index is 2.10. The maximum Gasteiger partial charge on any atom is 0.261 e. The third kappa shape index (κ3) is 2.32. The Kier molecular flexibility index (Phi) is 3.27. The summed E-state index contributed by atoms with van der Waals surface area (Å²) < 4.78 is 5.78. The number of thiophene rings is 1. The molecule has 2 aromatic heterocycles. The van der Waals surface area contributed by atoms with Crippen molar-refractivity contribution in [2.75, 3.05) is 18.5 Å². The SMILES string of the molecule is CC1(C)Cc2c(sc3nc(NCCO)[nH]c(=O)c23)CO1. The molecular formula is C13H17N3O3S. The number of aromatic amines is 1. The summed E-state index contributed by atoms with van der Waals surface area (Å²) in [6.45, 7) is 4.93. The lowest BCUT2D eigenvalue weighted by molar-refractivity contribution is -0.0379. The van der Waals surface area contributed by atoms with Gasteiger partial charge in [-0.1, -0.05) is 0 Å². The number of nitrogens with zero attached hydrogens (tertiary/aromatic N) is 1. The van der Waals surface area contributed by atoms with Crippen molar-refractivity contribution >= 4 is 27.5 Å². The first kappa shape index (κ1) is 13.5. The van der Waals surface area contributed by atoms with E-state index in [2.05, 4.69) is 15.3 Å². The standard InChI is InChI=1S/C13H17N3O3S/c1-13(2)5-7-8(6-19-13)20-11-9(7)10(18)15-12(16-11)14-3-4-17/h17H,3-6H2,1-2H3,(H2,14,15,16,18). The lowest BCUT2D eigenvalue weighted by Gasteiger charge is -2.29. The first-order valence-corrected chi connectivity index (χ1v) is 7.35. The number of anilines is 1. The van der Waals surface area contributed by atoms with Gasteiger partial charge in [0.05, 0.1) is 24.2 Å². The fraction of sp³-hybridized carbons (Fsp3) is 0.538. The Hall–Kier alpha value is -1.44. The highest BCUT2D eigenvalue weighted by Gasteiger charge is 2.30. The topological polar surface area (TPSA) is 87.2 Å². The second-order valence-electron chi connectivity index (χ2n) is 5.47. The molecule has 0 atom stereocenters. The predicted molar refractivity (Wildman–Crippen MR) is 78.4 cm³/mol. The summed E-state index contributed by atoms with van der Waals surface area (Å²) in [4.78, 5) is 21.2. The molecule has 3 rings (SSSR count). The van der Waals surface area contributed by atoms with E-state index in [-0.39, 0.29) is 17.8 Å². The number of aromatic nitrogens is 2. The molecule has 0 unspecified atom stereocenters. The minimum Gasteiger partial charge on any atom is -0.395 e. The van der Waals surface area contributed by atoms with Gasteiger partial charge in [-0.25, -0.2) is 4.98 Å². The molecule has 0 aliphatic carbocycles. The van der Waals surface area contributed by atoms with Crippen LogP contribution in [0.4, 0.5) is 5.95 Å². The first-order chi connectivity index (χ1) is 9.50. The zero-order valence-corrected chi connectivity index (χ0v) is 12.3. The van der Waals surface area contributed by atoms with Gasteiger partial charge in [-0.05, 0) is 19.4 Å². The average molecular weight is 295 g/mol. The van der Waals surface area contributed by atoms with Crippen LogP contribution in [0.2, 0.25) is 0 Å². The molecule has 0 saturated carbocycles. The predicted octanol–water partition coefficient (Wildman–Crippen LogP) is 1.24. The van der Waals surface area contributed by atoms with Crippen molar-refractivity contribution in [3.05, 3.63) is 20.8 Å². The molecule has 3 N–H and O–H groups in total. The molecule has 0 bridgehead atoms. The van der Waals surface area contributed by atoms with E-state index in [4.69, 9.17) is 9.84 Å². The third-order valence-corrected chi connectivity index (χ3v) is 4.44. The Morgan fingerprint density at radius 3 is 3.10 bits per heavy atom. The molecule has 1 aliphatic rings. The molecule has 2 aromatic rings. The maximum absolute atomic E-state index is 12.3. The van der Waals surface area contributed by atoms with E-state index in [1.54, 1.807) is 0 Å². The van der Waals surface area contributed by atoms with Crippen molar-refractivity contribution < 1.29 is 9.84 Å². The molecule has 7 heteroatoms. The molecular weight excluding hydrogens is 278 g/mol. The number of ether oxygens (including phenoxy) is 1. The van der Waals surface area contributed by atoms with Crippen LogP contribution in [-0.4, -0.2) is 33.8 Å². The zero-order valence-electron chi connectivity index (χ0n) is 11.4. The number of aliphatic hydroxyl groups is 1. The average Bonchev–Trinajstić information content (AvgIpc) is 2.73. The molecule has 3 heterocycles. The summed E-state index contributed by atoms with van der Waals surface area (Å²) in [6, 6.07) is 0. The molecule has 108 valence electrons. The number of aliphatic hydroxyl groups excluding tert-OH is 1. The first-order valence-electron chi connectivity index (χ1n) is 6.53. The number of rotatable bonds is 3. The second kappa shape index (κ2) is 4.83. The van der Waals surface area contributed by atoms with Crippen molar-refractivity contribution in [1.29, 1.82) is 0 Å². The minimum absolute atomic E-state index is 0.00921. The van der Waals surface area contributed by atoms with Gasteiger partial charge in [-0.15, -0.1) is 11.3 Å². The zero-order chi connectivity index (χ0) is 14.3. The van der Waals surface area contributed by atoms with Crippen LogP contribution < -0.4 is 10.9 Å². The maximum atomic E-state index is 12.3. The Bertz CT molecular complexity index is 705. The summed E-state index contributed by atoms with van der Waals surface area (Å²) in [5.41, 5.74) is 0.677. The van der Waals surface area contributed by atoms with E-state index in [0.717, 1.165) is 21.7 Å². The quantitative estimate of drug-likeness (QED) is 0.793. The number of H-pyrrole nitrogens is 1.